The van der Waals surface area contributed by atoms with Crippen LogP contribution in [0.5, 0.6) is 0 Å². The van der Waals surface area contributed by atoms with Gasteiger partial charge in [-0.3, -0.25) is 9.78 Å². The molecule has 1 amide bonds. The molecule has 1 N–H and O–H groups in total. The van der Waals surface area contributed by atoms with Crippen molar-refractivity contribution in [1.29, 1.82) is 0 Å². The van der Waals surface area contributed by atoms with Crippen molar-refractivity contribution in [3.63, 3.8) is 0 Å². The third kappa shape index (κ3) is 3.44. The molecular weight excluding hydrogens is 282 g/mol. The Bertz CT molecular complexity index is 546. The van der Waals surface area contributed by atoms with E-state index in [0.717, 1.165) is 32.0 Å². The van der Waals surface area contributed by atoms with Gasteiger partial charge in [0.15, 0.2) is 0 Å². The summed E-state index contributed by atoms with van der Waals surface area (Å²) in [4.78, 5) is 30.1. The maximum Gasteiger partial charge on any atom is 0.339 e. The highest BCUT2D eigenvalue weighted by atomic mass is 16.5. The van der Waals surface area contributed by atoms with E-state index in [0.29, 0.717) is 11.3 Å². The van der Waals surface area contributed by atoms with Crippen LogP contribution in [-0.4, -0.2) is 54.0 Å². The average molecular weight is 303 g/mol. The molecule has 6 heteroatoms. The Hall–Kier alpha value is -1.95. The number of esters is 1. The lowest BCUT2D eigenvalue weighted by molar-refractivity contribution is 0.0599. The predicted molar refractivity (Wildman–Crippen MR) is 80.7 cm³/mol. The van der Waals surface area contributed by atoms with Crippen molar-refractivity contribution in [2.75, 3.05) is 20.2 Å². The van der Waals surface area contributed by atoms with Crippen molar-refractivity contribution >= 4 is 11.9 Å². The van der Waals surface area contributed by atoms with E-state index < -0.39 is 5.97 Å². The smallest absolute Gasteiger partial charge is 0.339 e. The SMILES string of the molecule is COC(=O)c1ccc(C(=O)NC2CCN(C3CC3)CC2)nc1. The second-order valence-corrected chi connectivity index (χ2v) is 5.94. The molecular formula is C16H21N3O3. The normalized spacial score (nSPS) is 19.7. The number of rotatable bonds is 4. The van der Waals surface area contributed by atoms with Gasteiger partial charge in [0.2, 0.25) is 0 Å². The summed E-state index contributed by atoms with van der Waals surface area (Å²) >= 11 is 0. The largest absolute Gasteiger partial charge is 0.465 e. The van der Waals surface area contributed by atoms with Crippen LogP contribution in [0.3, 0.4) is 0 Å². The van der Waals surface area contributed by atoms with Crippen LogP contribution in [0.2, 0.25) is 0 Å². The molecule has 2 fully saturated rings. The topological polar surface area (TPSA) is 71.5 Å². The minimum atomic E-state index is -0.452. The molecule has 6 nitrogen and oxygen atoms in total. The second-order valence-electron chi connectivity index (χ2n) is 5.94. The van der Waals surface area contributed by atoms with Crippen molar-refractivity contribution in [2.24, 2.45) is 0 Å². The number of aromatic nitrogens is 1. The number of methoxy groups -OCH3 is 1. The first-order valence-corrected chi connectivity index (χ1v) is 7.76. The highest BCUT2D eigenvalue weighted by Crippen LogP contribution is 2.29. The number of carbonyl (C=O) groups is 2. The summed E-state index contributed by atoms with van der Waals surface area (Å²) in [5.41, 5.74) is 0.675. The van der Waals surface area contributed by atoms with Gasteiger partial charge in [0, 0.05) is 31.4 Å². The van der Waals surface area contributed by atoms with Gasteiger partial charge in [-0.2, -0.15) is 0 Å². The predicted octanol–water partition coefficient (Wildman–Crippen LogP) is 1.22. The molecule has 1 aliphatic carbocycles. The summed E-state index contributed by atoms with van der Waals surface area (Å²) in [5, 5.41) is 3.03. The Labute approximate surface area is 129 Å². The van der Waals surface area contributed by atoms with Crippen LogP contribution in [-0.2, 0) is 4.74 Å². The molecule has 1 saturated heterocycles. The molecule has 118 valence electrons. The maximum absolute atomic E-state index is 12.2. The first kappa shape index (κ1) is 15.0. The zero-order chi connectivity index (χ0) is 15.5. The van der Waals surface area contributed by atoms with E-state index in [1.807, 2.05) is 0 Å². The van der Waals surface area contributed by atoms with Crippen LogP contribution >= 0.6 is 0 Å². The van der Waals surface area contributed by atoms with E-state index in [4.69, 9.17) is 0 Å². The lowest BCUT2D eigenvalue weighted by atomic mass is 10.0. The average Bonchev–Trinajstić information content (AvgIpc) is 3.40. The highest BCUT2D eigenvalue weighted by Gasteiger charge is 2.32. The second kappa shape index (κ2) is 6.44. The Morgan fingerprint density at radius 3 is 2.50 bits per heavy atom. The third-order valence-corrected chi connectivity index (χ3v) is 4.35. The molecule has 0 aromatic carbocycles. The molecule has 0 bridgehead atoms. The van der Waals surface area contributed by atoms with Crippen LogP contribution < -0.4 is 5.32 Å². The summed E-state index contributed by atoms with van der Waals surface area (Å²) in [6, 6.07) is 4.12. The molecule has 1 aliphatic heterocycles. The quantitative estimate of drug-likeness (QED) is 0.847. The summed E-state index contributed by atoms with van der Waals surface area (Å²) in [7, 11) is 1.32. The Balaban J connectivity index is 1.52. The number of piperidine rings is 1. The van der Waals surface area contributed by atoms with Crippen molar-refractivity contribution in [1.82, 2.24) is 15.2 Å². The number of carbonyl (C=O) groups excluding carboxylic acids is 2. The van der Waals surface area contributed by atoms with Crippen LogP contribution in [0.1, 0.15) is 46.5 Å². The standard InChI is InChI=1S/C16H21N3O3/c1-22-16(21)11-2-5-14(17-10-11)15(20)18-12-6-8-19(9-7-12)13-3-4-13/h2,5,10,12-13H,3-4,6-9H2,1H3,(H,18,20). The number of hydrogen-bond donors (Lipinski definition) is 1. The molecule has 0 atom stereocenters. The molecule has 3 rings (SSSR count). The fourth-order valence-corrected chi connectivity index (χ4v) is 2.87. The number of likely N-dealkylation sites (tertiary alicyclic amines) is 1. The molecule has 0 radical (unpaired) electrons. The summed E-state index contributed by atoms with van der Waals surface area (Å²) in [5.74, 6) is -0.631. The molecule has 0 unspecified atom stereocenters. The zero-order valence-corrected chi connectivity index (χ0v) is 12.7. The Kier molecular flexibility index (Phi) is 4.38. The number of hydrogen-bond acceptors (Lipinski definition) is 5. The molecule has 1 aromatic heterocycles. The lowest BCUT2D eigenvalue weighted by Gasteiger charge is -2.32. The number of nitrogens with zero attached hydrogens (tertiary/aromatic N) is 2. The minimum Gasteiger partial charge on any atom is -0.465 e. The van der Waals surface area contributed by atoms with Crippen molar-refractivity contribution in [3.05, 3.63) is 29.6 Å². The Morgan fingerprint density at radius 2 is 1.95 bits per heavy atom. The van der Waals surface area contributed by atoms with Crippen molar-refractivity contribution in [3.8, 4) is 0 Å². The summed E-state index contributed by atoms with van der Waals surface area (Å²) in [6.07, 6.45) is 6.00. The van der Waals surface area contributed by atoms with E-state index in [2.05, 4.69) is 19.9 Å². The van der Waals surface area contributed by atoms with Gasteiger partial charge < -0.3 is 15.0 Å². The first-order chi connectivity index (χ1) is 10.7. The van der Waals surface area contributed by atoms with Crippen molar-refractivity contribution < 1.29 is 14.3 Å². The van der Waals surface area contributed by atoms with Gasteiger partial charge in [0.1, 0.15) is 5.69 Å². The lowest BCUT2D eigenvalue weighted by Crippen LogP contribution is -2.45. The molecule has 1 aromatic rings. The van der Waals surface area contributed by atoms with Crippen LogP contribution in [0.25, 0.3) is 0 Å². The Morgan fingerprint density at radius 1 is 1.23 bits per heavy atom. The van der Waals surface area contributed by atoms with Crippen LogP contribution in [0, 0.1) is 0 Å². The number of amides is 1. The number of nitrogens with one attached hydrogen (secondary N) is 1. The van der Waals surface area contributed by atoms with E-state index >= 15 is 0 Å². The molecule has 0 spiro atoms. The van der Waals surface area contributed by atoms with E-state index in [1.54, 1.807) is 12.1 Å². The maximum atomic E-state index is 12.2. The third-order valence-electron chi connectivity index (χ3n) is 4.35. The molecule has 22 heavy (non-hydrogen) atoms. The highest BCUT2D eigenvalue weighted by molar-refractivity contribution is 5.94. The summed E-state index contributed by atoms with van der Waals surface area (Å²) < 4.78 is 4.61. The first-order valence-electron chi connectivity index (χ1n) is 7.76. The van der Waals surface area contributed by atoms with Gasteiger partial charge >= 0.3 is 5.97 Å². The van der Waals surface area contributed by atoms with E-state index in [-0.39, 0.29) is 11.9 Å². The van der Waals surface area contributed by atoms with Crippen LogP contribution in [0.4, 0.5) is 0 Å². The fourth-order valence-electron chi connectivity index (χ4n) is 2.87. The van der Waals surface area contributed by atoms with Crippen molar-refractivity contribution in [2.45, 2.75) is 37.8 Å². The van der Waals surface area contributed by atoms with E-state index in [9.17, 15) is 9.59 Å². The van der Waals surface area contributed by atoms with E-state index in [1.165, 1.54) is 26.1 Å². The summed E-state index contributed by atoms with van der Waals surface area (Å²) in [6.45, 7) is 2.12. The molecule has 1 saturated carbocycles. The monoisotopic (exact) mass is 303 g/mol. The number of ether oxygens (including phenoxy) is 1. The van der Waals surface area contributed by atoms with Gasteiger partial charge in [-0.15, -0.1) is 0 Å². The van der Waals surface area contributed by atoms with Gasteiger partial charge in [-0.1, -0.05) is 0 Å². The zero-order valence-electron chi connectivity index (χ0n) is 12.7. The molecule has 2 aliphatic rings. The minimum absolute atomic E-state index is 0.179. The molecule has 2 heterocycles. The fraction of sp³-hybridized carbons (Fsp3) is 0.562. The van der Waals surface area contributed by atoms with Gasteiger partial charge in [-0.05, 0) is 37.8 Å². The number of pyridine rings is 1. The van der Waals surface area contributed by atoms with Gasteiger partial charge in [-0.25, -0.2) is 4.79 Å². The van der Waals surface area contributed by atoms with Crippen LogP contribution in [0.15, 0.2) is 18.3 Å². The van der Waals surface area contributed by atoms with Gasteiger partial charge in [0.25, 0.3) is 5.91 Å². The van der Waals surface area contributed by atoms with Gasteiger partial charge in [0.05, 0.1) is 12.7 Å².